The lowest BCUT2D eigenvalue weighted by molar-refractivity contribution is -0.140. The minimum absolute atomic E-state index is 0.104. The van der Waals surface area contributed by atoms with E-state index in [1.54, 1.807) is 11.3 Å². The van der Waals surface area contributed by atoms with Gasteiger partial charge in [-0.3, -0.25) is 4.79 Å². The van der Waals surface area contributed by atoms with Crippen LogP contribution < -0.4 is 10.2 Å². The van der Waals surface area contributed by atoms with Crippen LogP contribution in [0.3, 0.4) is 0 Å². The first-order valence-corrected chi connectivity index (χ1v) is 12.7. The first kappa shape index (κ1) is 18.9. The average molecular weight is 422 g/mol. The standard InChI is InChI=1S/C25H31N3OS/c29-23(25-13-17-9-18(14-25)11-19(10-17)15-25)26-21-6-4-5-20(12-21)22-16-30-24(27-22)28-7-2-1-3-8-28/h4-6,12,16-19H,1-3,7-11,13-15H2,(H,26,29). The molecule has 1 aromatic carbocycles. The van der Waals surface area contributed by atoms with Crippen molar-refractivity contribution in [3.05, 3.63) is 29.6 Å². The largest absolute Gasteiger partial charge is 0.348 e. The average Bonchev–Trinajstić information content (AvgIpc) is 3.24. The number of amides is 1. The Morgan fingerprint density at radius 2 is 1.73 bits per heavy atom. The zero-order valence-electron chi connectivity index (χ0n) is 17.6. The molecule has 7 rings (SSSR count). The summed E-state index contributed by atoms with van der Waals surface area (Å²) in [5.41, 5.74) is 2.93. The maximum atomic E-state index is 13.4. The number of nitrogens with one attached hydrogen (secondary N) is 1. The van der Waals surface area contributed by atoms with Gasteiger partial charge in [-0.2, -0.15) is 0 Å². The summed E-state index contributed by atoms with van der Waals surface area (Å²) in [6.07, 6.45) is 11.3. The van der Waals surface area contributed by atoms with E-state index in [0.717, 1.165) is 72.2 Å². The van der Waals surface area contributed by atoms with E-state index in [1.807, 2.05) is 12.1 Å². The number of carbonyl (C=O) groups is 1. The first-order valence-electron chi connectivity index (χ1n) is 11.8. The van der Waals surface area contributed by atoms with Crippen molar-refractivity contribution in [2.24, 2.45) is 23.2 Å². The maximum absolute atomic E-state index is 13.4. The van der Waals surface area contributed by atoms with Gasteiger partial charge >= 0.3 is 0 Å². The van der Waals surface area contributed by atoms with Gasteiger partial charge in [0.25, 0.3) is 0 Å². The zero-order valence-corrected chi connectivity index (χ0v) is 18.4. The topological polar surface area (TPSA) is 45.2 Å². The summed E-state index contributed by atoms with van der Waals surface area (Å²) < 4.78 is 0. The lowest BCUT2D eigenvalue weighted by Gasteiger charge is -2.55. The van der Waals surface area contributed by atoms with Crippen molar-refractivity contribution in [1.29, 1.82) is 0 Å². The molecule has 0 atom stereocenters. The van der Waals surface area contributed by atoms with E-state index in [1.165, 1.54) is 38.5 Å². The van der Waals surface area contributed by atoms with Gasteiger partial charge in [0.15, 0.2) is 5.13 Å². The molecule has 1 aliphatic heterocycles. The molecule has 2 heterocycles. The Labute approximate surface area is 183 Å². The van der Waals surface area contributed by atoms with E-state index in [4.69, 9.17) is 4.98 Å². The fraction of sp³-hybridized carbons (Fsp3) is 0.600. The van der Waals surface area contributed by atoms with Crippen LogP contribution in [-0.2, 0) is 4.79 Å². The van der Waals surface area contributed by atoms with Crippen molar-refractivity contribution < 1.29 is 4.79 Å². The minimum Gasteiger partial charge on any atom is -0.348 e. The molecule has 5 fully saturated rings. The zero-order chi connectivity index (χ0) is 20.1. The normalized spacial score (nSPS) is 32.4. The Balaban J connectivity index is 1.19. The predicted octanol–water partition coefficient (Wildman–Crippen LogP) is 5.96. The smallest absolute Gasteiger partial charge is 0.230 e. The third-order valence-corrected chi connectivity index (χ3v) is 8.96. The molecule has 1 aromatic heterocycles. The second-order valence-corrected chi connectivity index (χ2v) is 11.1. The van der Waals surface area contributed by atoms with Crippen LogP contribution in [-0.4, -0.2) is 24.0 Å². The molecule has 1 saturated heterocycles. The van der Waals surface area contributed by atoms with Gasteiger partial charge in [-0.1, -0.05) is 12.1 Å². The molecule has 2 aromatic rings. The molecule has 0 spiro atoms. The van der Waals surface area contributed by atoms with Crippen molar-refractivity contribution in [3.8, 4) is 11.3 Å². The summed E-state index contributed by atoms with van der Waals surface area (Å²) in [5.74, 6) is 2.63. The Kier molecular flexibility index (Phi) is 4.63. The van der Waals surface area contributed by atoms with E-state index in [9.17, 15) is 4.79 Å². The van der Waals surface area contributed by atoms with Crippen LogP contribution in [0.25, 0.3) is 11.3 Å². The molecule has 5 aliphatic rings. The van der Waals surface area contributed by atoms with Crippen LogP contribution in [0, 0.1) is 23.2 Å². The molecule has 1 amide bonds. The van der Waals surface area contributed by atoms with Crippen LogP contribution >= 0.6 is 11.3 Å². The molecule has 4 saturated carbocycles. The van der Waals surface area contributed by atoms with Gasteiger partial charge in [0, 0.05) is 29.7 Å². The van der Waals surface area contributed by atoms with E-state index in [0.29, 0.717) is 0 Å². The Hall–Kier alpha value is -1.88. The van der Waals surface area contributed by atoms with E-state index in [-0.39, 0.29) is 11.3 Å². The number of piperidine rings is 1. The number of aromatic nitrogens is 1. The van der Waals surface area contributed by atoms with Crippen molar-refractivity contribution in [2.75, 3.05) is 23.3 Å². The van der Waals surface area contributed by atoms with E-state index in [2.05, 4.69) is 27.7 Å². The van der Waals surface area contributed by atoms with E-state index >= 15 is 0 Å². The van der Waals surface area contributed by atoms with Crippen LogP contribution in [0.1, 0.15) is 57.8 Å². The predicted molar refractivity (Wildman–Crippen MR) is 123 cm³/mol. The maximum Gasteiger partial charge on any atom is 0.230 e. The molecule has 0 unspecified atom stereocenters. The molecule has 4 aliphatic carbocycles. The lowest BCUT2D eigenvalue weighted by Crippen LogP contribution is -2.51. The first-order chi connectivity index (χ1) is 14.7. The molecule has 0 radical (unpaired) electrons. The number of hydrogen-bond acceptors (Lipinski definition) is 4. The van der Waals surface area contributed by atoms with Crippen molar-refractivity contribution in [2.45, 2.75) is 57.8 Å². The van der Waals surface area contributed by atoms with Gasteiger partial charge in [-0.05, 0) is 87.7 Å². The molecule has 1 N–H and O–H groups in total. The third kappa shape index (κ3) is 3.35. The highest BCUT2D eigenvalue weighted by Crippen LogP contribution is 2.60. The summed E-state index contributed by atoms with van der Waals surface area (Å²) >= 11 is 1.74. The number of anilines is 2. The molecule has 30 heavy (non-hydrogen) atoms. The summed E-state index contributed by atoms with van der Waals surface area (Å²) in [6.45, 7) is 2.24. The summed E-state index contributed by atoms with van der Waals surface area (Å²) in [6, 6.07) is 8.28. The van der Waals surface area contributed by atoms with Crippen molar-refractivity contribution in [1.82, 2.24) is 4.98 Å². The van der Waals surface area contributed by atoms with Crippen molar-refractivity contribution >= 4 is 28.1 Å². The lowest BCUT2D eigenvalue weighted by atomic mass is 9.49. The van der Waals surface area contributed by atoms with Gasteiger partial charge in [-0.25, -0.2) is 4.98 Å². The number of hydrogen-bond donors (Lipinski definition) is 1. The number of thiazole rings is 1. The van der Waals surface area contributed by atoms with E-state index < -0.39 is 0 Å². The number of carbonyl (C=O) groups excluding carboxylic acids is 1. The van der Waals surface area contributed by atoms with Gasteiger partial charge < -0.3 is 10.2 Å². The highest BCUT2D eigenvalue weighted by atomic mass is 32.1. The summed E-state index contributed by atoms with van der Waals surface area (Å²) in [7, 11) is 0. The SMILES string of the molecule is O=C(Nc1cccc(-c2csc(N3CCCCC3)n2)c1)C12CC3CC(CC(C3)C1)C2. The number of rotatable bonds is 4. The Morgan fingerprint density at radius 1 is 1.03 bits per heavy atom. The monoisotopic (exact) mass is 421 g/mol. The second-order valence-electron chi connectivity index (χ2n) is 10.3. The van der Waals surface area contributed by atoms with Crippen LogP contribution in [0.15, 0.2) is 29.6 Å². The highest BCUT2D eigenvalue weighted by molar-refractivity contribution is 7.14. The molecular formula is C25H31N3OS. The summed E-state index contributed by atoms with van der Waals surface area (Å²) in [4.78, 5) is 20.7. The molecule has 4 nitrogen and oxygen atoms in total. The quantitative estimate of drug-likeness (QED) is 0.663. The van der Waals surface area contributed by atoms with Crippen molar-refractivity contribution in [3.63, 3.8) is 0 Å². The molecular weight excluding hydrogens is 390 g/mol. The van der Waals surface area contributed by atoms with Crippen LogP contribution in [0.5, 0.6) is 0 Å². The highest BCUT2D eigenvalue weighted by Gasteiger charge is 2.54. The molecule has 158 valence electrons. The van der Waals surface area contributed by atoms with Gasteiger partial charge in [-0.15, -0.1) is 11.3 Å². The fourth-order valence-corrected chi connectivity index (χ4v) is 7.92. The van der Waals surface area contributed by atoms with Crippen LogP contribution in [0.2, 0.25) is 0 Å². The Morgan fingerprint density at radius 3 is 2.43 bits per heavy atom. The number of nitrogens with zero attached hydrogens (tertiary/aromatic N) is 2. The van der Waals surface area contributed by atoms with Gasteiger partial charge in [0.2, 0.25) is 5.91 Å². The Bertz CT molecular complexity index is 910. The van der Waals surface area contributed by atoms with Gasteiger partial charge in [0.1, 0.15) is 0 Å². The van der Waals surface area contributed by atoms with Gasteiger partial charge in [0.05, 0.1) is 11.1 Å². The second kappa shape index (κ2) is 7.37. The van der Waals surface area contributed by atoms with Crippen LogP contribution in [0.4, 0.5) is 10.8 Å². The number of benzene rings is 1. The summed E-state index contributed by atoms with van der Waals surface area (Å²) in [5, 5.41) is 6.59. The molecule has 4 bridgehead atoms. The molecule has 5 heteroatoms. The fourth-order valence-electron chi connectivity index (χ4n) is 7.04. The minimum atomic E-state index is -0.104. The third-order valence-electron chi connectivity index (χ3n) is 8.05.